The Hall–Kier alpha value is -1.58. The molecule has 1 amide bonds. The Kier molecular flexibility index (Phi) is 10.7. The minimum atomic E-state index is -0.447. The van der Waals surface area contributed by atoms with E-state index in [4.69, 9.17) is 14.2 Å². The molecule has 0 aromatic heterocycles. The average molecular weight is 428 g/mol. The second-order valence-electron chi connectivity index (χ2n) is 8.71. The van der Waals surface area contributed by atoms with Crippen molar-refractivity contribution in [1.29, 1.82) is 0 Å². The van der Waals surface area contributed by atoms with Gasteiger partial charge in [-0.3, -0.25) is 9.89 Å². The van der Waals surface area contributed by atoms with Gasteiger partial charge >= 0.3 is 6.09 Å². The number of piperazine rings is 1. The Labute approximate surface area is 181 Å². The molecule has 9 nitrogen and oxygen atoms in total. The summed E-state index contributed by atoms with van der Waals surface area (Å²) in [6, 6.07) is 0. The molecule has 2 aliphatic heterocycles. The second-order valence-corrected chi connectivity index (χ2v) is 8.71. The maximum atomic E-state index is 12.2. The molecule has 9 heteroatoms. The molecule has 174 valence electrons. The van der Waals surface area contributed by atoms with Gasteiger partial charge in [0.1, 0.15) is 5.60 Å². The summed E-state index contributed by atoms with van der Waals surface area (Å²) in [7, 11) is 0. The SMILES string of the molecule is CCNC(=NCCCOC1CCOC1)NCCN1CCN(C(=O)OC(C)(C)C)CC1. The number of ether oxygens (including phenoxy) is 3. The predicted molar refractivity (Wildman–Crippen MR) is 118 cm³/mol. The molecular weight excluding hydrogens is 386 g/mol. The van der Waals surface area contributed by atoms with Crippen LogP contribution in [-0.2, 0) is 14.2 Å². The highest BCUT2D eigenvalue weighted by atomic mass is 16.6. The summed E-state index contributed by atoms with van der Waals surface area (Å²) in [5, 5.41) is 6.68. The highest BCUT2D eigenvalue weighted by Crippen LogP contribution is 2.11. The number of hydrogen-bond donors (Lipinski definition) is 2. The van der Waals surface area contributed by atoms with Crippen molar-refractivity contribution < 1.29 is 19.0 Å². The summed E-state index contributed by atoms with van der Waals surface area (Å²) >= 11 is 0. The fourth-order valence-electron chi connectivity index (χ4n) is 3.30. The van der Waals surface area contributed by atoms with Gasteiger partial charge in [0.2, 0.25) is 0 Å². The van der Waals surface area contributed by atoms with E-state index in [2.05, 4.69) is 27.4 Å². The third-order valence-electron chi connectivity index (χ3n) is 4.90. The van der Waals surface area contributed by atoms with Gasteiger partial charge < -0.3 is 29.7 Å². The van der Waals surface area contributed by atoms with E-state index in [1.54, 1.807) is 4.90 Å². The summed E-state index contributed by atoms with van der Waals surface area (Å²) in [5.41, 5.74) is -0.447. The van der Waals surface area contributed by atoms with Crippen LogP contribution in [-0.4, -0.2) is 106 Å². The minimum Gasteiger partial charge on any atom is -0.444 e. The molecule has 0 bridgehead atoms. The zero-order valence-corrected chi connectivity index (χ0v) is 19.2. The molecule has 2 rings (SSSR count). The maximum Gasteiger partial charge on any atom is 0.410 e. The highest BCUT2D eigenvalue weighted by molar-refractivity contribution is 5.79. The number of carbonyl (C=O) groups is 1. The summed E-state index contributed by atoms with van der Waals surface area (Å²) in [5.74, 6) is 0.842. The molecule has 0 radical (unpaired) electrons. The lowest BCUT2D eigenvalue weighted by Gasteiger charge is -2.35. The maximum absolute atomic E-state index is 12.2. The van der Waals surface area contributed by atoms with Crippen molar-refractivity contribution in [2.24, 2.45) is 4.99 Å². The van der Waals surface area contributed by atoms with Crippen LogP contribution in [0, 0.1) is 0 Å². The van der Waals surface area contributed by atoms with Gasteiger partial charge in [-0.2, -0.15) is 0 Å². The Balaban J connectivity index is 1.59. The average Bonchev–Trinajstić information content (AvgIpc) is 3.20. The fourth-order valence-corrected chi connectivity index (χ4v) is 3.30. The molecule has 2 N–H and O–H groups in total. The Morgan fingerprint density at radius 2 is 1.97 bits per heavy atom. The zero-order chi connectivity index (χ0) is 21.8. The van der Waals surface area contributed by atoms with E-state index in [1.807, 2.05) is 20.8 Å². The van der Waals surface area contributed by atoms with Gasteiger partial charge in [-0.05, 0) is 40.5 Å². The minimum absolute atomic E-state index is 0.216. The van der Waals surface area contributed by atoms with Gasteiger partial charge in [-0.15, -0.1) is 0 Å². The van der Waals surface area contributed by atoms with Crippen molar-refractivity contribution in [2.45, 2.75) is 52.2 Å². The topological polar surface area (TPSA) is 87.7 Å². The van der Waals surface area contributed by atoms with E-state index < -0.39 is 5.60 Å². The van der Waals surface area contributed by atoms with Crippen LogP contribution < -0.4 is 10.6 Å². The summed E-state index contributed by atoms with van der Waals surface area (Å²) in [6.45, 7) is 16.4. The molecule has 0 saturated carbocycles. The first kappa shape index (κ1) is 24.7. The van der Waals surface area contributed by atoms with E-state index >= 15 is 0 Å². The molecule has 1 atom stereocenters. The molecule has 2 fully saturated rings. The van der Waals surface area contributed by atoms with E-state index in [9.17, 15) is 4.79 Å². The highest BCUT2D eigenvalue weighted by Gasteiger charge is 2.25. The van der Waals surface area contributed by atoms with Crippen molar-refractivity contribution >= 4 is 12.1 Å². The van der Waals surface area contributed by atoms with E-state index in [0.29, 0.717) is 13.1 Å². The number of rotatable bonds is 9. The van der Waals surface area contributed by atoms with Crippen molar-refractivity contribution in [1.82, 2.24) is 20.4 Å². The molecule has 1 unspecified atom stereocenters. The largest absolute Gasteiger partial charge is 0.444 e. The quantitative estimate of drug-likeness (QED) is 0.326. The van der Waals surface area contributed by atoms with Crippen LogP contribution in [0.3, 0.4) is 0 Å². The molecule has 0 aromatic carbocycles. The van der Waals surface area contributed by atoms with Crippen molar-refractivity contribution in [3.05, 3.63) is 0 Å². The van der Waals surface area contributed by atoms with E-state index in [1.165, 1.54) is 0 Å². The normalized spacial score (nSPS) is 21.0. The Morgan fingerprint density at radius 1 is 1.20 bits per heavy atom. The Bertz CT molecular complexity index is 524. The standard InChI is InChI=1S/C21H41N5O4/c1-5-22-19(23-8-6-15-29-18-7-16-28-17-18)24-9-10-25-11-13-26(14-12-25)20(27)30-21(2,3)4/h18H,5-17H2,1-4H3,(H2,22,23,24). The number of nitrogens with one attached hydrogen (secondary N) is 2. The Morgan fingerprint density at radius 3 is 2.60 bits per heavy atom. The third kappa shape index (κ3) is 9.95. The first-order valence-corrected chi connectivity index (χ1v) is 11.3. The van der Waals surface area contributed by atoms with Crippen molar-refractivity contribution in [3.8, 4) is 0 Å². The van der Waals surface area contributed by atoms with Crippen molar-refractivity contribution in [3.63, 3.8) is 0 Å². The van der Waals surface area contributed by atoms with Gasteiger partial charge in [-0.1, -0.05) is 0 Å². The first-order chi connectivity index (χ1) is 14.4. The van der Waals surface area contributed by atoms with E-state index in [0.717, 1.165) is 77.9 Å². The lowest BCUT2D eigenvalue weighted by atomic mass is 10.2. The van der Waals surface area contributed by atoms with Crippen LogP contribution in [0.1, 0.15) is 40.5 Å². The smallest absolute Gasteiger partial charge is 0.410 e. The number of amides is 1. The van der Waals surface area contributed by atoms with Crippen LogP contribution in [0.15, 0.2) is 4.99 Å². The number of carbonyl (C=O) groups excluding carboxylic acids is 1. The second kappa shape index (κ2) is 13.0. The number of nitrogens with zero attached hydrogens (tertiary/aromatic N) is 3. The van der Waals surface area contributed by atoms with E-state index in [-0.39, 0.29) is 12.2 Å². The fraction of sp³-hybridized carbons (Fsp3) is 0.905. The summed E-state index contributed by atoms with van der Waals surface area (Å²) in [4.78, 5) is 20.9. The molecular formula is C21H41N5O4. The van der Waals surface area contributed by atoms with Crippen LogP contribution in [0.25, 0.3) is 0 Å². The zero-order valence-electron chi connectivity index (χ0n) is 19.2. The first-order valence-electron chi connectivity index (χ1n) is 11.3. The van der Waals surface area contributed by atoms with Crippen molar-refractivity contribution in [2.75, 3.05) is 72.2 Å². The number of aliphatic imine (C=N–C) groups is 1. The number of hydrogen-bond acceptors (Lipinski definition) is 6. The molecule has 2 saturated heterocycles. The molecule has 0 aromatic rings. The summed E-state index contributed by atoms with van der Waals surface area (Å²) < 4.78 is 16.5. The lowest BCUT2D eigenvalue weighted by molar-refractivity contribution is 0.0147. The monoisotopic (exact) mass is 427 g/mol. The summed E-state index contributed by atoms with van der Waals surface area (Å²) in [6.07, 6.45) is 1.95. The molecule has 0 spiro atoms. The van der Waals surface area contributed by atoms with Crippen LogP contribution >= 0.6 is 0 Å². The third-order valence-corrected chi connectivity index (χ3v) is 4.90. The van der Waals surface area contributed by atoms with Gasteiger partial charge in [0.15, 0.2) is 5.96 Å². The predicted octanol–water partition coefficient (Wildman–Crippen LogP) is 1.29. The van der Waals surface area contributed by atoms with Crippen LogP contribution in [0.2, 0.25) is 0 Å². The van der Waals surface area contributed by atoms with Crippen LogP contribution in [0.4, 0.5) is 4.79 Å². The molecule has 2 aliphatic rings. The molecule has 2 heterocycles. The van der Waals surface area contributed by atoms with Gasteiger partial charge in [0.05, 0.1) is 12.7 Å². The van der Waals surface area contributed by atoms with Gasteiger partial charge in [0.25, 0.3) is 0 Å². The lowest BCUT2D eigenvalue weighted by Crippen LogP contribution is -2.51. The number of guanidine groups is 1. The van der Waals surface area contributed by atoms with Gasteiger partial charge in [-0.25, -0.2) is 4.79 Å². The molecule has 30 heavy (non-hydrogen) atoms. The van der Waals surface area contributed by atoms with Gasteiger partial charge in [0, 0.05) is 65.6 Å². The molecule has 0 aliphatic carbocycles. The van der Waals surface area contributed by atoms with Crippen LogP contribution in [0.5, 0.6) is 0 Å².